The minimum Gasteiger partial charge on any atom is -0.477 e. The first-order chi connectivity index (χ1) is 8.24. The predicted molar refractivity (Wildman–Crippen MR) is 66.8 cm³/mol. The van der Waals surface area contributed by atoms with E-state index in [1.807, 2.05) is 0 Å². The van der Waals surface area contributed by atoms with Gasteiger partial charge in [0.05, 0.1) is 24.7 Å². The lowest BCUT2D eigenvalue weighted by atomic mass is 10.3. The maximum Gasteiger partial charge on any atom is 0.232 e. The zero-order valence-electron chi connectivity index (χ0n) is 10.6. The van der Waals surface area contributed by atoms with Crippen molar-refractivity contribution >= 4 is 0 Å². The maximum atomic E-state index is 5.54. The molecule has 4 heteroatoms. The van der Waals surface area contributed by atoms with Crippen LogP contribution >= 0.6 is 0 Å². The Balaban J connectivity index is 1.71. The molecule has 4 nitrogen and oxygen atoms in total. The SMILES string of the molecule is CC(C)NCc1cnc(OCCC2CC2)cn1. The van der Waals surface area contributed by atoms with Crippen LogP contribution in [0.15, 0.2) is 12.4 Å². The summed E-state index contributed by atoms with van der Waals surface area (Å²) in [5, 5.41) is 3.30. The molecule has 0 aliphatic heterocycles. The molecule has 1 aromatic heterocycles. The molecule has 1 aromatic rings. The third-order valence-corrected chi connectivity index (χ3v) is 2.85. The van der Waals surface area contributed by atoms with Crippen LogP contribution in [-0.2, 0) is 6.54 Å². The van der Waals surface area contributed by atoms with Crippen molar-refractivity contribution in [2.45, 2.75) is 45.7 Å². The average Bonchev–Trinajstić information content (AvgIpc) is 3.12. The largest absolute Gasteiger partial charge is 0.477 e. The highest BCUT2D eigenvalue weighted by Gasteiger charge is 2.20. The van der Waals surface area contributed by atoms with Gasteiger partial charge in [0.2, 0.25) is 5.88 Å². The van der Waals surface area contributed by atoms with Crippen molar-refractivity contribution in [3.8, 4) is 5.88 Å². The molecule has 1 saturated carbocycles. The van der Waals surface area contributed by atoms with Gasteiger partial charge in [0.25, 0.3) is 0 Å². The molecule has 1 aliphatic rings. The molecule has 0 saturated heterocycles. The van der Waals surface area contributed by atoms with E-state index in [0.29, 0.717) is 11.9 Å². The molecule has 1 aliphatic carbocycles. The van der Waals surface area contributed by atoms with Crippen molar-refractivity contribution < 1.29 is 4.74 Å². The van der Waals surface area contributed by atoms with E-state index < -0.39 is 0 Å². The standard InChI is InChI=1S/C13H21N3O/c1-10(2)14-7-12-8-16-13(9-15-12)17-6-5-11-3-4-11/h8-11,14H,3-7H2,1-2H3. The molecule has 0 bridgehead atoms. The van der Waals surface area contributed by atoms with E-state index in [1.165, 1.54) is 12.8 Å². The molecule has 0 atom stereocenters. The lowest BCUT2D eigenvalue weighted by Crippen LogP contribution is -2.22. The second-order valence-corrected chi connectivity index (χ2v) is 4.96. The first kappa shape index (κ1) is 12.3. The third kappa shape index (κ3) is 4.69. The molecule has 0 aromatic carbocycles. The number of rotatable bonds is 7. The summed E-state index contributed by atoms with van der Waals surface area (Å²) >= 11 is 0. The second-order valence-electron chi connectivity index (χ2n) is 4.96. The number of hydrogen-bond acceptors (Lipinski definition) is 4. The summed E-state index contributed by atoms with van der Waals surface area (Å²) in [5.41, 5.74) is 0.952. The van der Waals surface area contributed by atoms with Gasteiger partial charge >= 0.3 is 0 Å². The molecular formula is C13H21N3O. The minimum atomic E-state index is 0.464. The van der Waals surface area contributed by atoms with Gasteiger partial charge < -0.3 is 10.1 Å². The summed E-state index contributed by atoms with van der Waals surface area (Å²) < 4.78 is 5.54. The fourth-order valence-electron chi connectivity index (χ4n) is 1.55. The Morgan fingerprint density at radius 1 is 1.35 bits per heavy atom. The molecule has 17 heavy (non-hydrogen) atoms. The lowest BCUT2D eigenvalue weighted by Gasteiger charge is -2.08. The van der Waals surface area contributed by atoms with Gasteiger partial charge in [-0.2, -0.15) is 0 Å². The summed E-state index contributed by atoms with van der Waals surface area (Å²) in [5.74, 6) is 1.54. The molecule has 0 unspecified atom stereocenters. The third-order valence-electron chi connectivity index (χ3n) is 2.85. The van der Waals surface area contributed by atoms with Gasteiger partial charge in [-0.25, -0.2) is 4.98 Å². The quantitative estimate of drug-likeness (QED) is 0.786. The number of aromatic nitrogens is 2. The van der Waals surface area contributed by atoms with Crippen molar-refractivity contribution in [1.29, 1.82) is 0 Å². The zero-order valence-corrected chi connectivity index (χ0v) is 10.6. The predicted octanol–water partition coefficient (Wildman–Crippen LogP) is 2.15. The van der Waals surface area contributed by atoms with Crippen molar-refractivity contribution in [1.82, 2.24) is 15.3 Å². The number of nitrogens with zero attached hydrogens (tertiary/aromatic N) is 2. The van der Waals surface area contributed by atoms with Gasteiger partial charge in [0, 0.05) is 12.6 Å². The van der Waals surface area contributed by atoms with Crippen molar-refractivity contribution in [2.24, 2.45) is 5.92 Å². The Morgan fingerprint density at radius 3 is 2.76 bits per heavy atom. The van der Waals surface area contributed by atoms with Crippen LogP contribution in [0.2, 0.25) is 0 Å². The smallest absolute Gasteiger partial charge is 0.232 e. The Labute approximate surface area is 103 Å². The fraction of sp³-hybridized carbons (Fsp3) is 0.692. The first-order valence-electron chi connectivity index (χ1n) is 6.41. The van der Waals surface area contributed by atoms with Gasteiger partial charge in [-0.3, -0.25) is 4.98 Å². The summed E-state index contributed by atoms with van der Waals surface area (Å²) in [6, 6.07) is 0.464. The van der Waals surface area contributed by atoms with Gasteiger partial charge in [0.1, 0.15) is 0 Å². The Morgan fingerprint density at radius 2 is 2.18 bits per heavy atom. The summed E-state index contributed by atoms with van der Waals surface area (Å²) in [7, 11) is 0. The van der Waals surface area contributed by atoms with Crippen LogP contribution in [0.4, 0.5) is 0 Å². The molecule has 2 rings (SSSR count). The van der Waals surface area contributed by atoms with Crippen LogP contribution in [-0.4, -0.2) is 22.6 Å². The van der Waals surface area contributed by atoms with E-state index in [9.17, 15) is 0 Å². The van der Waals surface area contributed by atoms with Gasteiger partial charge in [-0.05, 0) is 12.3 Å². The van der Waals surface area contributed by atoms with Gasteiger partial charge in [-0.1, -0.05) is 26.7 Å². The molecule has 94 valence electrons. The molecule has 1 heterocycles. The van der Waals surface area contributed by atoms with E-state index in [0.717, 1.165) is 31.2 Å². The van der Waals surface area contributed by atoms with Crippen LogP contribution < -0.4 is 10.1 Å². The molecule has 1 fully saturated rings. The maximum absolute atomic E-state index is 5.54. The number of nitrogens with one attached hydrogen (secondary N) is 1. The Bertz CT molecular complexity index is 333. The van der Waals surface area contributed by atoms with Gasteiger partial charge in [-0.15, -0.1) is 0 Å². The van der Waals surface area contributed by atoms with E-state index in [1.54, 1.807) is 12.4 Å². The fourth-order valence-corrected chi connectivity index (χ4v) is 1.55. The van der Waals surface area contributed by atoms with Crippen LogP contribution in [0.25, 0.3) is 0 Å². The molecule has 0 radical (unpaired) electrons. The topological polar surface area (TPSA) is 47.0 Å². The van der Waals surface area contributed by atoms with E-state index >= 15 is 0 Å². The molecule has 0 amide bonds. The highest BCUT2D eigenvalue weighted by atomic mass is 16.5. The average molecular weight is 235 g/mol. The highest BCUT2D eigenvalue weighted by Crippen LogP contribution is 2.32. The van der Waals surface area contributed by atoms with Crippen molar-refractivity contribution in [3.05, 3.63) is 18.1 Å². The number of hydrogen-bond donors (Lipinski definition) is 1. The highest BCUT2D eigenvalue weighted by molar-refractivity contribution is 5.07. The molecular weight excluding hydrogens is 214 g/mol. The van der Waals surface area contributed by atoms with Gasteiger partial charge in [0.15, 0.2) is 0 Å². The van der Waals surface area contributed by atoms with E-state index in [-0.39, 0.29) is 0 Å². The van der Waals surface area contributed by atoms with E-state index in [4.69, 9.17) is 4.74 Å². The lowest BCUT2D eigenvalue weighted by molar-refractivity contribution is 0.289. The van der Waals surface area contributed by atoms with Crippen molar-refractivity contribution in [3.63, 3.8) is 0 Å². The second kappa shape index (κ2) is 5.96. The Hall–Kier alpha value is -1.16. The zero-order chi connectivity index (χ0) is 12.1. The summed E-state index contributed by atoms with van der Waals surface area (Å²) in [6.07, 6.45) is 7.38. The van der Waals surface area contributed by atoms with Crippen LogP contribution in [0.5, 0.6) is 5.88 Å². The minimum absolute atomic E-state index is 0.464. The normalized spacial score (nSPS) is 15.2. The van der Waals surface area contributed by atoms with Crippen LogP contribution in [0.1, 0.15) is 38.8 Å². The summed E-state index contributed by atoms with van der Waals surface area (Å²) in [6.45, 7) is 5.75. The summed E-state index contributed by atoms with van der Waals surface area (Å²) in [4.78, 5) is 8.56. The first-order valence-corrected chi connectivity index (χ1v) is 6.41. The van der Waals surface area contributed by atoms with E-state index in [2.05, 4.69) is 29.1 Å². The van der Waals surface area contributed by atoms with Crippen molar-refractivity contribution in [2.75, 3.05) is 6.61 Å². The number of ether oxygens (including phenoxy) is 1. The van der Waals surface area contributed by atoms with Crippen LogP contribution in [0, 0.1) is 5.92 Å². The molecule has 1 N–H and O–H groups in total. The van der Waals surface area contributed by atoms with Crippen LogP contribution in [0.3, 0.4) is 0 Å². The Kier molecular flexibility index (Phi) is 4.31. The molecule has 0 spiro atoms. The monoisotopic (exact) mass is 235 g/mol.